The van der Waals surface area contributed by atoms with E-state index < -0.39 is 0 Å². The minimum absolute atomic E-state index is 0.519. The number of rotatable bonds is 6. The lowest BCUT2D eigenvalue weighted by Crippen LogP contribution is -1.99. The zero-order chi connectivity index (χ0) is 12.0. The van der Waals surface area contributed by atoms with E-state index in [1.165, 1.54) is 17.5 Å². The fourth-order valence-corrected chi connectivity index (χ4v) is 2.04. The van der Waals surface area contributed by atoms with Crippen molar-refractivity contribution in [1.29, 1.82) is 0 Å². The SMILES string of the molecule is CCOc1ccc(CCCBr)cc1C(C)C. The summed E-state index contributed by atoms with van der Waals surface area (Å²) in [5, 5.41) is 1.07. The van der Waals surface area contributed by atoms with Crippen LogP contribution in [0.2, 0.25) is 0 Å². The highest BCUT2D eigenvalue weighted by Crippen LogP contribution is 2.28. The minimum Gasteiger partial charge on any atom is -0.494 e. The van der Waals surface area contributed by atoms with E-state index in [9.17, 15) is 0 Å². The predicted molar refractivity (Wildman–Crippen MR) is 73.8 cm³/mol. The van der Waals surface area contributed by atoms with Crippen molar-refractivity contribution in [1.82, 2.24) is 0 Å². The molecular formula is C14H21BrO. The van der Waals surface area contributed by atoms with E-state index in [0.717, 1.165) is 24.1 Å². The summed E-state index contributed by atoms with van der Waals surface area (Å²) in [7, 11) is 0. The second-order valence-corrected chi connectivity index (χ2v) is 5.05. The molecule has 0 unspecified atom stereocenters. The molecule has 1 nitrogen and oxygen atoms in total. The van der Waals surface area contributed by atoms with E-state index in [0.29, 0.717) is 5.92 Å². The first-order valence-electron chi connectivity index (χ1n) is 6.00. The summed E-state index contributed by atoms with van der Waals surface area (Å²) in [5.41, 5.74) is 2.74. The Kier molecular flexibility index (Phi) is 5.89. The molecule has 0 radical (unpaired) electrons. The van der Waals surface area contributed by atoms with Crippen LogP contribution in [0.25, 0.3) is 0 Å². The van der Waals surface area contributed by atoms with Crippen molar-refractivity contribution in [3.05, 3.63) is 29.3 Å². The van der Waals surface area contributed by atoms with Crippen LogP contribution in [-0.4, -0.2) is 11.9 Å². The van der Waals surface area contributed by atoms with Crippen molar-refractivity contribution >= 4 is 15.9 Å². The van der Waals surface area contributed by atoms with Crippen LogP contribution in [0.3, 0.4) is 0 Å². The lowest BCUT2D eigenvalue weighted by atomic mass is 9.98. The van der Waals surface area contributed by atoms with Gasteiger partial charge in [0.15, 0.2) is 0 Å². The number of hydrogen-bond acceptors (Lipinski definition) is 1. The van der Waals surface area contributed by atoms with E-state index in [1.807, 2.05) is 6.92 Å². The molecular weight excluding hydrogens is 264 g/mol. The second-order valence-electron chi connectivity index (χ2n) is 4.25. The van der Waals surface area contributed by atoms with Crippen molar-refractivity contribution in [3.63, 3.8) is 0 Å². The van der Waals surface area contributed by atoms with Gasteiger partial charge in [0.2, 0.25) is 0 Å². The van der Waals surface area contributed by atoms with E-state index >= 15 is 0 Å². The Morgan fingerprint density at radius 2 is 2.06 bits per heavy atom. The number of hydrogen-bond donors (Lipinski definition) is 0. The molecule has 0 fully saturated rings. The van der Waals surface area contributed by atoms with Gasteiger partial charge in [-0.15, -0.1) is 0 Å². The Hall–Kier alpha value is -0.500. The first-order chi connectivity index (χ1) is 7.69. The van der Waals surface area contributed by atoms with Gasteiger partial charge in [-0.3, -0.25) is 0 Å². The first-order valence-corrected chi connectivity index (χ1v) is 7.12. The normalized spacial score (nSPS) is 10.8. The van der Waals surface area contributed by atoms with Crippen LogP contribution in [0, 0.1) is 0 Å². The Labute approximate surface area is 107 Å². The Morgan fingerprint density at radius 3 is 2.62 bits per heavy atom. The minimum atomic E-state index is 0.519. The molecule has 1 rings (SSSR count). The molecule has 0 aliphatic carbocycles. The lowest BCUT2D eigenvalue weighted by molar-refractivity contribution is 0.335. The maximum Gasteiger partial charge on any atom is 0.122 e. The molecule has 16 heavy (non-hydrogen) atoms. The average molecular weight is 285 g/mol. The van der Waals surface area contributed by atoms with Gasteiger partial charge in [0.05, 0.1) is 6.61 Å². The van der Waals surface area contributed by atoms with E-state index in [1.54, 1.807) is 0 Å². The first kappa shape index (κ1) is 13.6. The topological polar surface area (TPSA) is 9.23 Å². The molecule has 0 saturated carbocycles. The van der Waals surface area contributed by atoms with Crippen molar-refractivity contribution in [2.45, 2.75) is 39.5 Å². The molecule has 0 bridgehead atoms. The highest BCUT2D eigenvalue weighted by atomic mass is 79.9. The molecule has 0 aliphatic heterocycles. The third-order valence-electron chi connectivity index (χ3n) is 2.60. The molecule has 0 saturated heterocycles. The van der Waals surface area contributed by atoms with Crippen molar-refractivity contribution in [2.24, 2.45) is 0 Å². The summed E-state index contributed by atoms with van der Waals surface area (Å²) in [6, 6.07) is 6.58. The zero-order valence-corrected chi connectivity index (χ0v) is 12.0. The molecule has 1 aromatic rings. The highest BCUT2D eigenvalue weighted by Gasteiger charge is 2.08. The van der Waals surface area contributed by atoms with Crippen LogP contribution in [0.5, 0.6) is 5.75 Å². The number of ether oxygens (including phenoxy) is 1. The molecule has 0 aliphatic rings. The molecule has 0 aromatic heterocycles. The summed E-state index contributed by atoms with van der Waals surface area (Å²) in [5.74, 6) is 1.56. The smallest absolute Gasteiger partial charge is 0.122 e. The molecule has 1 aromatic carbocycles. The molecule has 0 spiro atoms. The van der Waals surface area contributed by atoms with Gasteiger partial charge in [-0.1, -0.05) is 41.9 Å². The van der Waals surface area contributed by atoms with Crippen LogP contribution in [0.15, 0.2) is 18.2 Å². The number of aryl methyl sites for hydroxylation is 1. The molecule has 2 heteroatoms. The molecule has 0 amide bonds. The van der Waals surface area contributed by atoms with Gasteiger partial charge < -0.3 is 4.74 Å². The maximum absolute atomic E-state index is 5.65. The van der Waals surface area contributed by atoms with Crippen molar-refractivity contribution < 1.29 is 4.74 Å². The molecule has 0 N–H and O–H groups in total. The van der Waals surface area contributed by atoms with Crippen LogP contribution in [0.1, 0.15) is 44.2 Å². The Balaban J connectivity index is 2.88. The monoisotopic (exact) mass is 284 g/mol. The van der Waals surface area contributed by atoms with Gasteiger partial charge >= 0.3 is 0 Å². The standard InChI is InChI=1S/C14H21BrO/c1-4-16-14-8-7-12(6-5-9-15)10-13(14)11(2)3/h7-8,10-11H,4-6,9H2,1-3H3. The number of benzene rings is 1. The van der Waals surface area contributed by atoms with Gasteiger partial charge in [-0.2, -0.15) is 0 Å². The van der Waals surface area contributed by atoms with Gasteiger partial charge in [-0.05, 0) is 42.9 Å². The fourth-order valence-electron chi connectivity index (χ4n) is 1.76. The predicted octanol–water partition coefficient (Wildman–Crippen LogP) is 4.54. The van der Waals surface area contributed by atoms with Gasteiger partial charge in [-0.25, -0.2) is 0 Å². The molecule has 0 heterocycles. The average Bonchev–Trinajstić information content (AvgIpc) is 2.27. The highest BCUT2D eigenvalue weighted by molar-refractivity contribution is 9.09. The maximum atomic E-state index is 5.65. The van der Waals surface area contributed by atoms with Crippen LogP contribution in [0.4, 0.5) is 0 Å². The van der Waals surface area contributed by atoms with Gasteiger partial charge in [0.25, 0.3) is 0 Å². The Morgan fingerprint density at radius 1 is 1.31 bits per heavy atom. The third kappa shape index (κ3) is 3.82. The molecule has 90 valence electrons. The van der Waals surface area contributed by atoms with Crippen LogP contribution < -0.4 is 4.74 Å². The Bertz CT molecular complexity index is 321. The fraction of sp³-hybridized carbons (Fsp3) is 0.571. The van der Waals surface area contributed by atoms with Crippen LogP contribution >= 0.6 is 15.9 Å². The van der Waals surface area contributed by atoms with E-state index in [2.05, 4.69) is 48.0 Å². The summed E-state index contributed by atoms with van der Waals surface area (Å²) in [6.45, 7) is 7.20. The quantitative estimate of drug-likeness (QED) is 0.697. The van der Waals surface area contributed by atoms with Gasteiger partial charge in [0.1, 0.15) is 5.75 Å². The summed E-state index contributed by atoms with van der Waals surface area (Å²) < 4.78 is 5.65. The third-order valence-corrected chi connectivity index (χ3v) is 3.16. The van der Waals surface area contributed by atoms with E-state index in [-0.39, 0.29) is 0 Å². The lowest BCUT2D eigenvalue weighted by Gasteiger charge is -2.14. The van der Waals surface area contributed by atoms with Crippen LogP contribution in [-0.2, 0) is 6.42 Å². The number of halogens is 1. The van der Waals surface area contributed by atoms with Crippen molar-refractivity contribution in [2.75, 3.05) is 11.9 Å². The number of alkyl halides is 1. The van der Waals surface area contributed by atoms with E-state index in [4.69, 9.17) is 4.74 Å². The summed E-state index contributed by atoms with van der Waals surface area (Å²) >= 11 is 3.47. The largest absolute Gasteiger partial charge is 0.494 e. The zero-order valence-electron chi connectivity index (χ0n) is 10.4. The summed E-state index contributed by atoms with van der Waals surface area (Å²) in [6.07, 6.45) is 2.32. The molecule has 0 atom stereocenters. The second kappa shape index (κ2) is 6.95. The van der Waals surface area contributed by atoms with Crippen molar-refractivity contribution in [3.8, 4) is 5.75 Å². The summed E-state index contributed by atoms with van der Waals surface area (Å²) in [4.78, 5) is 0. The van der Waals surface area contributed by atoms with Gasteiger partial charge in [0, 0.05) is 5.33 Å².